The smallest absolute Gasteiger partial charge is 0.290 e. The number of allylic oxidation sites excluding steroid dienone is 1. The number of carbonyl (C=O) groups excluding carboxylic acids is 1. The molecule has 26 heavy (non-hydrogen) atoms. The number of hydrogen-bond acceptors (Lipinski definition) is 6. The van der Waals surface area contributed by atoms with E-state index in [1.54, 1.807) is 35.9 Å². The van der Waals surface area contributed by atoms with Gasteiger partial charge in [-0.1, -0.05) is 0 Å². The Balaban J connectivity index is 1.69. The molecule has 0 aliphatic carbocycles. The van der Waals surface area contributed by atoms with Gasteiger partial charge in [0.05, 0.1) is 18.5 Å². The lowest BCUT2D eigenvalue weighted by molar-refractivity contribution is -0.143. The lowest BCUT2D eigenvalue weighted by Crippen LogP contribution is -2.29. The number of rotatable bonds is 8. The molecule has 2 atom stereocenters. The molecule has 138 valence electrons. The molecule has 0 fully saturated rings. The van der Waals surface area contributed by atoms with Crippen LogP contribution in [0, 0.1) is 0 Å². The maximum atomic E-state index is 12.6. The Morgan fingerprint density at radius 3 is 3.08 bits per heavy atom. The SMILES string of the molecule is O=C(Nc1cccnc1)C1=C[C@H](c2ccsc2)C[C@H](OCCCCO)O1. The highest BCUT2D eigenvalue weighted by Gasteiger charge is 2.29. The normalized spacial score (nSPS) is 19.5. The maximum Gasteiger partial charge on any atom is 0.290 e. The van der Waals surface area contributed by atoms with E-state index in [4.69, 9.17) is 14.6 Å². The van der Waals surface area contributed by atoms with Gasteiger partial charge in [-0.25, -0.2) is 0 Å². The van der Waals surface area contributed by atoms with Crippen LogP contribution in [0.4, 0.5) is 5.69 Å². The molecule has 1 aliphatic heterocycles. The fourth-order valence-corrected chi connectivity index (χ4v) is 3.42. The summed E-state index contributed by atoms with van der Waals surface area (Å²) in [5.74, 6) is -0.00200. The molecular formula is C19H22N2O4S. The van der Waals surface area contributed by atoms with Crippen molar-refractivity contribution >= 4 is 22.9 Å². The maximum absolute atomic E-state index is 12.6. The molecular weight excluding hydrogens is 352 g/mol. The lowest BCUT2D eigenvalue weighted by Gasteiger charge is -2.29. The molecule has 3 heterocycles. The van der Waals surface area contributed by atoms with Gasteiger partial charge in [0.25, 0.3) is 5.91 Å². The van der Waals surface area contributed by atoms with E-state index in [0.29, 0.717) is 25.1 Å². The van der Waals surface area contributed by atoms with Crippen molar-refractivity contribution in [2.75, 3.05) is 18.5 Å². The second-order valence-electron chi connectivity index (χ2n) is 5.97. The van der Waals surface area contributed by atoms with E-state index in [2.05, 4.69) is 21.7 Å². The third-order valence-corrected chi connectivity index (χ3v) is 4.73. The van der Waals surface area contributed by atoms with E-state index >= 15 is 0 Å². The number of carbonyl (C=O) groups is 1. The van der Waals surface area contributed by atoms with Gasteiger partial charge in [-0.3, -0.25) is 9.78 Å². The highest BCUT2D eigenvalue weighted by Crippen LogP contribution is 2.32. The molecule has 0 unspecified atom stereocenters. The predicted molar refractivity (Wildman–Crippen MR) is 99.8 cm³/mol. The number of aliphatic hydroxyl groups is 1. The van der Waals surface area contributed by atoms with Gasteiger partial charge in [-0.05, 0) is 53.4 Å². The number of ether oxygens (including phenoxy) is 2. The number of anilines is 1. The van der Waals surface area contributed by atoms with Gasteiger partial charge < -0.3 is 19.9 Å². The predicted octanol–water partition coefficient (Wildman–Crippen LogP) is 3.28. The zero-order valence-electron chi connectivity index (χ0n) is 14.3. The van der Waals surface area contributed by atoms with E-state index in [-0.39, 0.29) is 24.2 Å². The number of hydrogen-bond donors (Lipinski definition) is 2. The largest absolute Gasteiger partial charge is 0.459 e. The molecule has 6 nitrogen and oxygen atoms in total. The average molecular weight is 374 g/mol. The number of aromatic nitrogens is 1. The van der Waals surface area contributed by atoms with Crippen LogP contribution in [0.25, 0.3) is 0 Å². The van der Waals surface area contributed by atoms with E-state index in [1.807, 2.05) is 11.5 Å². The zero-order chi connectivity index (χ0) is 18.2. The highest BCUT2D eigenvalue weighted by atomic mass is 32.1. The van der Waals surface area contributed by atoms with Crippen molar-refractivity contribution in [3.63, 3.8) is 0 Å². The van der Waals surface area contributed by atoms with Crippen LogP contribution >= 0.6 is 11.3 Å². The van der Waals surface area contributed by atoms with E-state index in [0.717, 1.165) is 12.0 Å². The molecule has 1 aliphatic rings. The number of nitrogens with one attached hydrogen (secondary N) is 1. The Morgan fingerprint density at radius 1 is 1.42 bits per heavy atom. The number of unbranched alkanes of at least 4 members (excludes halogenated alkanes) is 1. The summed E-state index contributed by atoms with van der Waals surface area (Å²) in [4.78, 5) is 16.6. The molecule has 0 saturated heterocycles. The van der Waals surface area contributed by atoms with Crippen molar-refractivity contribution in [1.29, 1.82) is 0 Å². The van der Waals surface area contributed by atoms with Crippen LogP contribution < -0.4 is 5.32 Å². The van der Waals surface area contributed by atoms with Crippen LogP contribution in [0.2, 0.25) is 0 Å². The fraction of sp³-hybridized carbons (Fsp3) is 0.368. The number of amides is 1. The molecule has 2 aromatic rings. The summed E-state index contributed by atoms with van der Waals surface area (Å²) in [6.45, 7) is 0.629. The number of aliphatic hydroxyl groups excluding tert-OH is 1. The number of nitrogens with zero attached hydrogens (tertiary/aromatic N) is 1. The Bertz CT molecular complexity index is 718. The fourth-order valence-electron chi connectivity index (χ4n) is 2.69. The molecule has 0 spiro atoms. The molecule has 0 aromatic carbocycles. The number of pyridine rings is 1. The summed E-state index contributed by atoms with van der Waals surface area (Å²) in [6.07, 6.45) is 6.68. The highest BCUT2D eigenvalue weighted by molar-refractivity contribution is 7.08. The molecule has 0 saturated carbocycles. The topological polar surface area (TPSA) is 80.7 Å². The second-order valence-corrected chi connectivity index (χ2v) is 6.75. The summed E-state index contributed by atoms with van der Waals surface area (Å²) in [5.41, 5.74) is 1.76. The van der Waals surface area contributed by atoms with Gasteiger partial charge in [0.2, 0.25) is 6.29 Å². The van der Waals surface area contributed by atoms with Gasteiger partial charge in [0.1, 0.15) is 0 Å². The minimum absolute atomic E-state index is 0.0625. The van der Waals surface area contributed by atoms with Gasteiger partial charge in [0, 0.05) is 25.1 Å². The van der Waals surface area contributed by atoms with E-state index < -0.39 is 6.29 Å². The lowest BCUT2D eigenvalue weighted by atomic mass is 9.95. The van der Waals surface area contributed by atoms with Crippen LogP contribution in [0.15, 0.2) is 53.2 Å². The van der Waals surface area contributed by atoms with Crippen LogP contribution in [-0.2, 0) is 14.3 Å². The second kappa shape index (κ2) is 9.47. The minimum atomic E-state index is -0.488. The summed E-state index contributed by atoms with van der Waals surface area (Å²) in [5, 5.41) is 15.8. The van der Waals surface area contributed by atoms with E-state index in [1.165, 1.54) is 0 Å². The first-order valence-corrected chi connectivity index (χ1v) is 9.55. The van der Waals surface area contributed by atoms with Crippen molar-refractivity contribution < 1.29 is 19.4 Å². The molecule has 0 radical (unpaired) electrons. The van der Waals surface area contributed by atoms with Gasteiger partial charge >= 0.3 is 0 Å². The molecule has 1 amide bonds. The molecule has 2 aromatic heterocycles. The quantitative estimate of drug-likeness (QED) is 0.693. The van der Waals surface area contributed by atoms with Crippen molar-refractivity contribution in [3.8, 4) is 0 Å². The molecule has 0 bridgehead atoms. The standard InChI is InChI=1S/C19H22N2O4S/c22-7-1-2-8-24-18-11-15(14-5-9-26-13-14)10-17(25-18)19(23)21-16-4-3-6-20-12-16/h3-6,9-10,12-13,15,18,22H,1-2,7-8,11H2,(H,21,23)/t15-,18+/m0/s1. The van der Waals surface area contributed by atoms with Gasteiger partial charge in [0.15, 0.2) is 5.76 Å². The summed E-state index contributed by atoms with van der Waals surface area (Å²) < 4.78 is 11.6. The van der Waals surface area contributed by atoms with Gasteiger partial charge in [-0.15, -0.1) is 0 Å². The third-order valence-electron chi connectivity index (χ3n) is 4.03. The zero-order valence-corrected chi connectivity index (χ0v) is 15.2. The van der Waals surface area contributed by atoms with Crippen LogP contribution in [0.1, 0.15) is 30.7 Å². The monoisotopic (exact) mass is 374 g/mol. The summed E-state index contributed by atoms with van der Waals surface area (Å²) >= 11 is 1.62. The molecule has 2 N–H and O–H groups in total. The Morgan fingerprint density at radius 2 is 2.35 bits per heavy atom. The van der Waals surface area contributed by atoms with Crippen molar-refractivity contribution in [1.82, 2.24) is 4.98 Å². The van der Waals surface area contributed by atoms with Crippen LogP contribution in [-0.4, -0.2) is 35.5 Å². The Labute approximate surface area is 156 Å². The Hall–Kier alpha value is -2.22. The molecule has 3 rings (SSSR count). The van der Waals surface area contributed by atoms with Crippen molar-refractivity contribution in [2.45, 2.75) is 31.5 Å². The minimum Gasteiger partial charge on any atom is -0.459 e. The first-order chi connectivity index (χ1) is 12.8. The summed E-state index contributed by atoms with van der Waals surface area (Å²) in [6, 6.07) is 5.58. The van der Waals surface area contributed by atoms with Crippen molar-refractivity contribution in [2.24, 2.45) is 0 Å². The third kappa shape index (κ3) is 5.14. The van der Waals surface area contributed by atoms with Crippen molar-refractivity contribution in [3.05, 3.63) is 58.8 Å². The molecule has 7 heteroatoms. The first kappa shape index (κ1) is 18.6. The first-order valence-electron chi connectivity index (χ1n) is 8.60. The van der Waals surface area contributed by atoms with Gasteiger partial charge in [-0.2, -0.15) is 11.3 Å². The average Bonchev–Trinajstić information content (AvgIpc) is 3.21. The van der Waals surface area contributed by atoms with Crippen LogP contribution in [0.5, 0.6) is 0 Å². The number of thiophene rings is 1. The summed E-state index contributed by atoms with van der Waals surface area (Å²) in [7, 11) is 0. The van der Waals surface area contributed by atoms with Crippen LogP contribution in [0.3, 0.4) is 0 Å². The Kier molecular flexibility index (Phi) is 6.76. The van der Waals surface area contributed by atoms with E-state index in [9.17, 15) is 4.79 Å².